The van der Waals surface area contributed by atoms with Crippen molar-refractivity contribution in [3.63, 3.8) is 0 Å². The maximum absolute atomic E-state index is 9.51. The molecule has 0 unspecified atom stereocenters. The Balaban J connectivity index is 2.77. The lowest BCUT2D eigenvalue weighted by Gasteiger charge is -2.16. The molecule has 1 rings (SSSR count). The van der Waals surface area contributed by atoms with E-state index in [1.54, 1.807) is 18.5 Å². The monoisotopic (exact) mass is 168 g/mol. The fraction of sp³-hybridized carbons (Fsp3) is 0.667. The second-order valence-electron chi connectivity index (χ2n) is 3.91. The molecule has 0 aliphatic heterocycles. The fourth-order valence-electron chi connectivity index (χ4n) is 1.09. The molecular formula is C9H16N2O. The number of aryl methyl sites for hydroxylation is 2. The van der Waals surface area contributed by atoms with Crippen LogP contribution in [0.3, 0.4) is 0 Å². The summed E-state index contributed by atoms with van der Waals surface area (Å²) < 4.78 is 1.78. The molecule has 1 heterocycles. The molecule has 0 atom stereocenters. The van der Waals surface area contributed by atoms with Gasteiger partial charge in [0.1, 0.15) is 0 Å². The van der Waals surface area contributed by atoms with E-state index in [4.69, 9.17) is 0 Å². The van der Waals surface area contributed by atoms with E-state index in [1.165, 1.54) is 5.56 Å². The first-order chi connectivity index (χ1) is 5.38. The fourth-order valence-corrected chi connectivity index (χ4v) is 1.09. The van der Waals surface area contributed by atoms with E-state index in [0.717, 1.165) is 5.69 Å². The van der Waals surface area contributed by atoms with Crippen molar-refractivity contribution < 1.29 is 5.11 Å². The van der Waals surface area contributed by atoms with Gasteiger partial charge >= 0.3 is 0 Å². The van der Waals surface area contributed by atoms with Gasteiger partial charge in [0.15, 0.2) is 0 Å². The molecular weight excluding hydrogens is 152 g/mol. The van der Waals surface area contributed by atoms with Crippen LogP contribution in [0.25, 0.3) is 0 Å². The van der Waals surface area contributed by atoms with Crippen LogP contribution in [0.4, 0.5) is 0 Å². The molecule has 1 aromatic rings. The van der Waals surface area contributed by atoms with Crippen LogP contribution in [-0.2, 0) is 6.54 Å². The molecule has 0 aliphatic carbocycles. The van der Waals surface area contributed by atoms with Gasteiger partial charge < -0.3 is 5.11 Å². The number of rotatable bonds is 2. The molecule has 0 aliphatic rings. The second kappa shape index (κ2) is 2.90. The lowest BCUT2D eigenvalue weighted by Crippen LogP contribution is -2.26. The Morgan fingerprint density at radius 2 is 2.08 bits per heavy atom. The van der Waals surface area contributed by atoms with Gasteiger partial charge in [-0.1, -0.05) is 0 Å². The van der Waals surface area contributed by atoms with Crippen LogP contribution in [0.5, 0.6) is 0 Å². The summed E-state index contributed by atoms with van der Waals surface area (Å²) in [6.07, 6.45) is 1.95. The standard InChI is InChI=1S/C9H16N2O/c1-7-5-11(10-8(7)2)6-9(3,4)12/h5,12H,6H2,1-4H3. The first-order valence-electron chi connectivity index (χ1n) is 4.11. The van der Waals surface area contributed by atoms with Crippen molar-refractivity contribution in [2.24, 2.45) is 0 Å². The van der Waals surface area contributed by atoms with Crippen molar-refractivity contribution >= 4 is 0 Å². The highest BCUT2D eigenvalue weighted by Gasteiger charge is 2.14. The van der Waals surface area contributed by atoms with Gasteiger partial charge in [-0.15, -0.1) is 0 Å². The van der Waals surface area contributed by atoms with E-state index >= 15 is 0 Å². The van der Waals surface area contributed by atoms with E-state index in [1.807, 2.05) is 20.0 Å². The largest absolute Gasteiger partial charge is 0.389 e. The van der Waals surface area contributed by atoms with E-state index < -0.39 is 5.60 Å². The maximum atomic E-state index is 9.51. The predicted molar refractivity (Wildman–Crippen MR) is 48.0 cm³/mol. The first-order valence-corrected chi connectivity index (χ1v) is 4.11. The molecule has 0 radical (unpaired) electrons. The SMILES string of the molecule is Cc1cn(CC(C)(C)O)nc1C. The molecule has 1 aromatic heterocycles. The predicted octanol–water partition coefficient (Wildman–Crippen LogP) is 1.27. The Hall–Kier alpha value is -0.830. The molecule has 3 heteroatoms. The third-order valence-corrected chi connectivity index (χ3v) is 1.74. The van der Waals surface area contributed by atoms with Crippen LogP contribution < -0.4 is 0 Å². The van der Waals surface area contributed by atoms with Crippen molar-refractivity contribution in [2.45, 2.75) is 39.8 Å². The Labute approximate surface area is 73.0 Å². The van der Waals surface area contributed by atoms with Crippen LogP contribution in [0, 0.1) is 13.8 Å². The molecule has 0 aromatic carbocycles. The Kier molecular flexibility index (Phi) is 2.24. The zero-order chi connectivity index (χ0) is 9.35. The maximum Gasteiger partial charge on any atom is 0.0786 e. The smallest absolute Gasteiger partial charge is 0.0786 e. The molecule has 0 saturated heterocycles. The molecule has 0 saturated carbocycles. The summed E-state index contributed by atoms with van der Waals surface area (Å²) in [6.45, 7) is 8.08. The summed E-state index contributed by atoms with van der Waals surface area (Å²) in [7, 11) is 0. The summed E-state index contributed by atoms with van der Waals surface area (Å²) in [5.41, 5.74) is 1.50. The van der Waals surface area contributed by atoms with Crippen LogP contribution in [0.1, 0.15) is 25.1 Å². The molecule has 0 bridgehead atoms. The van der Waals surface area contributed by atoms with Crippen LogP contribution in [-0.4, -0.2) is 20.5 Å². The minimum absolute atomic E-state index is 0.543. The lowest BCUT2D eigenvalue weighted by atomic mass is 10.1. The summed E-state index contributed by atoms with van der Waals surface area (Å²) in [6, 6.07) is 0. The number of aliphatic hydroxyl groups is 1. The van der Waals surface area contributed by atoms with Gasteiger partial charge in [-0.05, 0) is 33.3 Å². The van der Waals surface area contributed by atoms with Gasteiger partial charge in [-0.3, -0.25) is 4.68 Å². The number of hydrogen-bond acceptors (Lipinski definition) is 2. The second-order valence-corrected chi connectivity index (χ2v) is 3.91. The molecule has 0 fully saturated rings. The zero-order valence-electron chi connectivity index (χ0n) is 8.13. The topological polar surface area (TPSA) is 38.0 Å². The number of nitrogens with zero attached hydrogens (tertiary/aromatic N) is 2. The Morgan fingerprint density at radius 3 is 2.42 bits per heavy atom. The summed E-state index contributed by atoms with van der Waals surface area (Å²) in [5, 5.41) is 13.8. The number of aromatic nitrogens is 2. The first kappa shape index (κ1) is 9.26. The zero-order valence-corrected chi connectivity index (χ0v) is 8.13. The average Bonchev–Trinajstić information content (AvgIpc) is 2.07. The lowest BCUT2D eigenvalue weighted by molar-refractivity contribution is 0.0577. The van der Waals surface area contributed by atoms with Crippen molar-refractivity contribution in [1.29, 1.82) is 0 Å². The van der Waals surface area contributed by atoms with Crippen molar-refractivity contribution in [2.75, 3.05) is 0 Å². The number of hydrogen-bond donors (Lipinski definition) is 1. The Bertz CT molecular complexity index is 251. The van der Waals surface area contributed by atoms with Crippen molar-refractivity contribution in [1.82, 2.24) is 9.78 Å². The highest BCUT2D eigenvalue weighted by molar-refractivity contribution is 5.12. The third-order valence-electron chi connectivity index (χ3n) is 1.74. The highest BCUT2D eigenvalue weighted by Crippen LogP contribution is 2.08. The van der Waals surface area contributed by atoms with E-state index in [2.05, 4.69) is 5.10 Å². The molecule has 0 spiro atoms. The van der Waals surface area contributed by atoms with Crippen molar-refractivity contribution in [3.8, 4) is 0 Å². The van der Waals surface area contributed by atoms with Gasteiger partial charge in [0.2, 0.25) is 0 Å². The normalized spacial score (nSPS) is 12.1. The van der Waals surface area contributed by atoms with E-state index in [-0.39, 0.29) is 0 Å². The van der Waals surface area contributed by atoms with Gasteiger partial charge in [0.25, 0.3) is 0 Å². The summed E-state index contributed by atoms with van der Waals surface area (Å²) >= 11 is 0. The molecule has 1 N–H and O–H groups in total. The van der Waals surface area contributed by atoms with Crippen LogP contribution in [0.2, 0.25) is 0 Å². The van der Waals surface area contributed by atoms with E-state index in [9.17, 15) is 5.11 Å². The summed E-state index contributed by atoms with van der Waals surface area (Å²) in [4.78, 5) is 0. The van der Waals surface area contributed by atoms with Gasteiger partial charge in [-0.25, -0.2) is 0 Å². The average molecular weight is 168 g/mol. The molecule has 3 nitrogen and oxygen atoms in total. The quantitative estimate of drug-likeness (QED) is 0.722. The Morgan fingerprint density at radius 1 is 1.50 bits per heavy atom. The highest BCUT2D eigenvalue weighted by atomic mass is 16.3. The molecule has 12 heavy (non-hydrogen) atoms. The van der Waals surface area contributed by atoms with Gasteiger partial charge in [0, 0.05) is 6.20 Å². The van der Waals surface area contributed by atoms with Gasteiger partial charge in [0.05, 0.1) is 17.8 Å². The molecule has 68 valence electrons. The van der Waals surface area contributed by atoms with Crippen molar-refractivity contribution in [3.05, 3.63) is 17.5 Å². The van der Waals surface area contributed by atoms with Crippen LogP contribution in [0.15, 0.2) is 6.20 Å². The van der Waals surface area contributed by atoms with Crippen LogP contribution >= 0.6 is 0 Å². The summed E-state index contributed by atoms with van der Waals surface area (Å²) in [5.74, 6) is 0. The van der Waals surface area contributed by atoms with Gasteiger partial charge in [-0.2, -0.15) is 5.10 Å². The third kappa shape index (κ3) is 2.34. The minimum atomic E-state index is -0.690. The molecule has 0 amide bonds. The van der Waals surface area contributed by atoms with E-state index in [0.29, 0.717) is 6.54 Å². The minimum Gasteiger partial charge on any atom is -0.389 e.